The SMILES string of the molecule is COc1ccc(C(=O)Nc2nnc(-c3ccc(C(F)(F)F)cc3)s2)cc1. The molecule has 0 atom stereocenters. The van der Waals surface area contributed by atoms with Gasteiger partial charge < -0.3 is 4.74 Å². The molecule has 0 bridgehead atoms. The number of carbonyl (C=O) groups excluding carboxylic acids is 1. The fourth-order valence-electron chi connectivity index (χ4n) is 2.10. The van der Waals surface area contributed by atoms with E-state index >= 15 is 0 Å². The Morgan fingerprint density at radius 2 is 1.69 bits per heavy atom. The molecule has 9 heteroatoms. The van der Waals surface area contributed by atoms with Gasteiger partial charge in [0.15, 0.2) is 0 Å². The summed E-state index contributed by atoms with van der Waals surface area (Å²) in [5.74, 6) is 0.254. The van der Waals surface area contributed by atoms with E-state index < -0.39 is 11.7 Å². The molecular formula is C17H12F3N3O2S. The summed E-state index contributed by atoms with van der Waals surface area (Å²) in [6.07, 6.45) is -4.39. The first-order chi connectivity index (χ1) is 12.4. The fraction of sp³-hybridized carbons (Fsp3) is 0.118. The van der Waals surface area contributed by atoms with Crippen LogP contribution in [0, 0.1) is 0 Å². The van der Waals surface area contributed by atoms with Crippen LogP contribution in [0.15, 0.2) is 48.5 Å². The smallest absolute Gasteiger partial charge is 0.416 e. The number of aromatic nitrogens is 2. The molecule has 0 aliphatic carbocycles. The monoisotopic (exact) mass is 379 g/mol. The van der Waals surface area contributed by atoms with Crippen LogP contribution in [0.5, 0.6) is 5.75 Å². The molecule has 0 saturated heterocycles. The number of benzene rings is 2. The fourth-order valence-corrected chi connectivity index (χ4v) is 2.85. The van der Waals surface area contributed by atoms with Crippen molar-refractivity contribution < 1.29 is 22.7 Å². The number of methoxy groups -OCH3 is 1. The number of anilines is 1. The van der Waals surface area contributed by atoms with Crippen molar-refractivity contribution in [2.75, 3.05) is 12.4 Å². The molecule has 1 N–H and O–H groups in total. The van der Waals surface area contributed by atoms with Gasteiger partial charge >= 0.3 is 6.18 Å². The quantitative estimate of drug-likeness (QED) is 0.726. The highest BCUT2D eigenvalue weighted by Crippen LogP contribution is 2.32. The van der Waals surface area contributed by atoms with Crippen LogP contribution >= 0.6 is 11.3 Å². The van der Waals surface area contributed by atoms with Crippen molar-refractivity contribution >= 4 is 22.4 Å². The molecule has 1 aromatic heterocycles. The maximum Gasteiger partial charge on any atom is 0.416 e. The molecule has 1 amide bonds. The molecule has 0 saturated carbocycles. The number of amides is 1. The van der Waals surface area contributed by atoms with Crippen molar-refractivity contribution in [3.05, 3.63) is 59.7 Å². The van der Waals surface area contributed by atoms with Gasteiger partial charge in [-0.3, -0.25) is 10.1 Å². The lowest BCUT2D eigenvalue weighted by Gasteiger charge is -2.06. The topological polar surface area (TPSA) is 64.1 Å². The molecule has 1 heterocycles. The molecule has 0 unspecified atom stereocenters. The predicted octanol–water partition coefficient (Wildman–Crippen LogP) is 4.48. The predicted molar refractivity (Wildman–Crippen MR) is 91.3 cm³/mol. The molecule has 5 nitrogen and oxygen atoms in total. The number of ether oxygens (including phenoxy) is 1. The number of nitrogens with zero attached hydrogens (tertiary/aromatic N) is 2. The standard InChI is InChI=1S/C17H12F3N3O2S/c1-25-13-8-4-10(5-9-13)14(24)21-16-23-22-15(26-16)11-2-6-12(7-3-11)17(18,19)20/h2-9H,1H3,(H,21,23,24). The van der Waals surface area contributed by atoms with Crippen LogP contribution < -0.4 is 10.1 Å². The maximum atomic E-state index is 12.6. The Bertz CT molecular complexity index is 906. The van der Waals surface area contributed by atoms with Gasteiger partial charge in [-0.05, 0) is 36.4 Å². The van der Waals surface area contributed by atoms with Gasteiger partial charge in [0.1, 0.15) is 10.8 Å². The van der Waals surface area contributed by atoms with Crippen molar-refractivity contribution in [3.8, 4) is 16.3 Å². The maximum absolute atomic E-state index is 12.6. The van der Waals surface area contributed by atoms with E-state index in [4.69, 9.17) is 4.74 Å². The third-order valence-electron chi connectivity index (χ3n) is 3.46. The van der Waals surface area contributed by atoms with Crippen molar-refractivity contribution in [1.82, 2.24) is 10.2 Å². The van der Waals surface area contributed by atoms with Crippen molar-refractivity contribution in [3.63, 3.8) is 0 Å². The number of carbonyl (C=O) groups is 1. The zero-order valence-electron chi connectivity index (χ0n) is 13.4. The lowest BCUT2D eigenvalue weighted by molar-refractivity contribution is -0.137. The average Bonchev–Trinajstić information content (AvgIpc) is 3.09. The van der Waals surface area contributed by atoms with E-state index in [0.717, 1.165) is 23.5 Å². The first-order valence-electron chi connectivity index (χ1n) is 7.33. The lowest BCUT2D eigenvalue weighted by Crippen LogP contribution is -2.11. The zero-order chi connectivity index (χ0) is 18.7. The van der Waals surface area contributed by atoms with Crippen molar-refractivity contribution in [1.29, 1.82) is 0 Å². The molecule has 0 spiro atoms. The summed E-state index contributed by atoms with van der Waals surface area (Å²) in [6.45, 7) is 0. The number of hydrogen-bond acceptors (Lipinski definition) is 5. The lowest BCUT2D eigenvalue weighted by atomic mass is 10.1. The summed E-state index contributed by atoms with van der Waals surface area (Å²) in [5.41, 5.74) is 0.163. The molecule has 0 aliphatic heterocycles. The van der Waals surface area contributed by atoms with Crippen LogP contribution in [0.25, 0.3) is 10.6 Å². The molecular weight excluding hydrogens is 367 g/mol. The molecule has 0 fully saturated rings. The Morgan fingerprint density at radius 1 is 1.04 bits per heavy atom. The first-order valence-corrected chi connectivity index (χ1v) is 8.15. The Kier molecular flexibility index (Phi) is 4.90. The zero-order valence-corrected chi connectivity index (χ0v) is 14.2. The second-order valence-corrected chi connectivity index (χ2v) is 6.15. The summed E-state index contributed by atoms with van der Waals surface area (Å²) in [7, 11) is 1.53. The summed E-state index contributed by atoms with van der Waals surface area (Å²) >= 11 is 1.07. The Labute approximate surface area is 150 Å². The van der Waals surface area contributed by atoms with Gasteiger partial charge in [-0.15, -0.1) is 10.2 Å². The molecule has 0 aliphatic rings. The Morgan fingerprint density at radius 3 is 2.27 bits per heavy atom. The van der Waals surface area contributed by atoms with Crippen LogP contribution in [0.1, 0.15) is 15.9 Å². The van der Waals surface area contributed by atoms with E-state index in [-0.39, 0.29) is 11.0 Å². The number of nitrogens with one attached hydrogen (secondary N) is 1. The van der Waals surface area contributed by atoms with Gasteiger partial charge in [0.2, 0.25) is 5.13 Å². The van der Waals surface area contributed by atoms with E-state index in [9.17, 15) is 18.0 Å². The van der Waals surface area contributed by atoms with E-state index in [2.05, 4.69) is 15.5 Å². The molecule has 3 rings (SSSR count). The van der Waals surface area contributed by atoms with Crippen molar-refractivity contribution in [2.45, 2.75) is 6.18 Å². The third kappa shape index (κ3) is 3.99. The summed E-state index contributed by atoms with van der Waals surface area (Å²) in [6, 6.07) is 11.1. The normalized spacial score (nSPS) is 11.2. The van der Waals surface area contributed by atoms with Crippen LogP contribution in [0.4, 0.5) is 18.3 Å². The van der Waals surface area contributed by atoms with Crippen LogP contribution in [-0.2, 0) is 6.18 Å². The van der Waals surface area contributed by atoms with E-state index in [0.29, 0.717) is 21.9 Å². The number of rotatable bonds is 4. The second kappa shape index (κ2) is 7.12. The number of alkyl halides is 3. The van der Waals surface area contributed by atoms with Crippen LogP contribution in [0.2, 0.25) is 0 Å². The minimum Gasteiger partial charge on any atom is -0.497 e. The number of halogens is 3. The number of hydrogen-bond donors (Lipinski definition) is 1. The summed E-state index contributed by atoms with van der Waals surface area (Å²) < 4.78 is 42.8. The first kappa shape index (κ1) is 17.9. The molecule has 0 radical (unpaired) electrons. The van der Waals surface area contributed by atoms with Gasteiger partial charge in [0, 0.05) is 11.1 Å². The minimum absolute atomic E-state index is 0.251. The van der Waals surface area contributed by atoms with Gasteiger partial charge in [-0.1, -0.05) is 23.5 Å². The van der Waals surface area contributed by atoms with E-state index in [1.807, 2.05) is 0 Å². The third-order valence-corrected chi connectivity index (χ3v) is 4.34. The van der Waals surface area contributed by atoms with E-state index in [1.54, 1.807) is 24.3 Å². The Hall–Kier alpha value is -2.94. The summed E-state index contributed by atoms with van der Waals surface area (Å²) in [5, 5.41) is 11.0. The summed E-state index contributed by atoms with van der Waals surface area (Å²) in [4.78, 5) is 12.2. The van der Waals surface area contributed by atoms with Gasteiger partial charge in [-0.2, -0.15) is 13.2 Å². The second-order valence-electron chi connectivity index (χ2n) is 5.17. The minimum atomic E-state index is -4.39. The van der Waals surface area contributed by atoms with Gasteiger partial charge in [0.25, 0.3) is 5.91 Å². The average molecular weight is 379 g/mol. The van der Waals surface area contributed by atoms with E-state index in [1.165, 1.54) is 19.2 Å². The molecule has 134 valence electrons. The van der Waals surface area contributed by atoms with Crippen molar-refractivity contribution in [2.24, 2.45) is 0 Å². The molecule has 3 aromatic rings. The van der Waals surface area contributed by atoms with Crippen LogP contribution in [0.3, 0.4) is 0 Å². The highest BCUT2D eigenvalue weighted by molar-refractivity contribution is 7.18. The van der Waals surface area contributed by atoms with Gasteiger partial charge in [0.05, 0.1) is 12.7 Å². The Balaban J connectivity index is 1.72. The molecule has 26 heavy (non-hydrogen) atoms. The molecule has 2 aromatic carbocycles. The highest BCUT2D eigenvalue weighted by atomic mass is 32.1. The highest BCUT2D eigenvalue weighted by Gasteiger charge is 2.30. The van der Waals surface area contributed by atoms with Gasteiger partial charge in [-0.25, -0.2) is 0 Å². The van der Waals surface area contributed by atoms with Crippen LogP contribution in [-0.4, -0.2) is 23.2 Å². The largest absolute Gasteiger partial charge is 0.497 e.